The van der Waals surface area contributed by atoms with Crippen LogP contribution in [-0.2, 0) is 4.79 Å². The number of piperidine rings is 1. The van der Waals surface area contributed by atoms with Gasteiger partial charge >= 0.3 is 0 Å². The maximum absolute atomic E-state index is 13.3. The Morgan fingerprint density at radius 1 is 1.36 bits per heavy atom. The van der Waals surface area contributed by atoms with E-state index in [0.717, 1.165) is 31.4 Å². The SMILES string of the molecule is CC[C@H](C)[C@@H](C(=O)N1CCC[C@H](c2nc(C)no2)C1)c1ccccc1. The van der Waals surface area contributed by atoms with Crippen molar-refractivity contribution in [1.82, 2.24) is 15.0 Å². The first-order valence-corrected chi connectivity index (χ1v) is 9.24. The number of benzene rings is 1. The van der Waals surface area contributed by atoms with Gasteiger partial charge in [-0.15, -0.1) is 0 Å². The Hall–Kier alpha value is -2.17. The highest BCUT2D eigenvalue weighted by atomic mass is 16.5. The van der Waals surface area contributed by atoms with Gasteiger partial charge in [0.1, 0.15) is 0 Å². The summed E-state index contributed by atoms with van der Waals surface area (Å²) >= 11 is 0. The molecule has 1 aromatic carbocycles. The van der Waals surface area contributed by atoms with Crippen LogP contribution >= 0.6 is 0 Å². The van der Waals surface area contributed by atoms with E-state index in [1.54, 1.807) is 0 Å². The van der Waals surface area contributed by atoms with Crippen molar-refractivity contribution in [2.75, 3.05) is 13.1 Å². The number of hydrogen-bond donors (Lipinski definition) is 0. The van der Waals surface area contributed by atoms with Gasteiger partial charge in [0.2, 0.25) is 11.8 Å². The Balaban J connectivity index is 1.79. The van der Waals surface area contributed by atoms with Crippen LogP contribution in [0.15, 0.2) is 34.9 Å². The second kappa shape index (κ2) is 7.81. The largest absolute Gasteiger partial charge is 0.341 e. The predicted molar refractivity (Wildman–Crippen MR) is 96.2 cm³/mol. The molecule has 2 aromatic rings. The summed E-state index contributed by atoms with van der Waals surface area (Å²) in [7, 11) is 0. The van der Waals surface area contributed by atoms with Gasteiger partial charge in [0.15, 0.2) is 5.82 Å². The summed E-state index contributed by atoms with van der Waals surface area (Å²) in [4.78, 5) is 19.7. The molecule has 1 fully saturated rings. The van der Waals surface area contributed by atoms with E-state index in [9.17, 15) is 4.79 Å². The highest BCUT2D eigenvalue weighted by Crippen LogP contribution is 2.32. The molecule has 0 N–H and O–H groups in total. The Labute approximate surface area is 149 Å². The van der Waals surface area contributed by atoms with E-state index in [1.807, 2.05) is 30.0 Å². The Kier molecular flexibility index (Phi) is 5.51. The average Bonchev–Trinajstić information content (AvgIpc) is 3.09. The van der Waals surface area contributed by atoms with Crippen LogP contribution in [0.5, 0.6) is 0 Å². The van der Waals surface area contributed by atoms with Gasteiger partial charge in [-0.3, -0.25) is 4.79 Å². The summed E-state index contributed by atoms with van der Waals surface area (Å²) < 4.78 is 5.35. The Morgan fingerprint density at radius 3 is 2.76 bits per heavy atom. The number of carbonyl (C=O) groups is 1. The molecule has 1 aromatic heterocycles. The van der Waals surface area contributed by atoms with Gasteiger partial charge in [0.05, 0.1) is 11.8 Å². The van der Waals surface area contributed by atoms with Crippen molar-refractivity contribution in [1.29, 1.82) is 0 Å². The predicted octanol–water partition coefficient (Wildman–Crippen LogP) is 3.91. The fourth-order valence-electron chi connectivity index (χ4n) is 3.67. The smallest absolute Gasteiger partial charge is 0.231 e. The van der Waals surface area contributed by atoms with Crippen LogP contribution < -0.4 is 0 Å². The number of hydrogen-bond acceptors (Lipinski definition) is 4. The van der Waals surface area contributed by atoms with Gasteiger partial charge in [-0.25, -0.2) is 0 Å². The normalized spacial score (nSPS) is 20.3. The molecule has 134 valence electrons. The van der Waals surface area contributed by atoms with Crippen LogP contribution in [0.4, 0.5) is 0 Å². The summed E-state index contributed by atoms with van der Waals surface area (Å²) in [5.41, 5.74) is 1.11. The first-order valence-electron chi connectivity index (χ1n) is 9.24. The quantitative estimate of drug-likeness (QED) is 0.827. The minimum absolute atomic E-state index is 0.0885. The number of aromatic nitrogens is 2. The molecular weight excluding hydrogens is 314 g/mol. The molecule has 5 heteroatoms. The molecule has 1 aliphatic rings. The maximum Gasteiger partial charge on any atom is 0.231 e. The molecule has 0 spiro atoms. The zero-order valence-corrected chi connectivity index (χ0v) is 15.3. The van der Waals surface area contributed by atoms with Crippen molar-refractivity contribution in [3.8, 4) is 0 Å². The lowest BCUT2D eigenvalue weighted by Gasteiger charge is -2.35. The number of rotatable bonds is 5. The maximum atomic E-state index is 13.3. The van der Waals surface area contributed by atoms with Crippen molar-refractivity contribution in [2.24, 2.45) is 5.92 Å². The number of amides is 1. The van der Waals surface area contributed by atoms with E-state index >= 15 is 0 Å². The first kappa shape index (κ1) is 17.6. The minimum Gasteiger partial charge on any atom is -0.341 e. The number of nitrogens with zero attached hydrogens (tertiary/aromatic N) is 3. The fraction of sp³-hybridized carbons (Fsp3) is 0.550. The number of likely N-dealkylation sites (tertiary alicyclic amines) is 1. The molecule has 1 saturated heterocycles. The third-order valence-corrected chi connectivity index (χ3v) is 5.26. The number of aryl methyl sites for hydroxylation is 1. The molecule has 25 heavy (non-hydrogen) atoms. The lowest BCUT2D eigenvalue weighted by molar-refractivity contribution is -0.135. The average molecular weight is 341 g/mol. The molecule has 2 heterocycles. The van der Waals surface area contributed by atoms with Crippen LogP contribution in [0.25, 0.3) is 0 Å². The Bertz CT molecular complexity index is 698. The third-order valence-electron chi connectivity index (χ3n) is 5.26. The zero-order valence-electron chi connectivity index (χ0n) is 15.3. The summed E-state index contributed by atoms with van der Waals surface area (Å²) in [6.07, 6.45) is 2.94. The minimum atomic E-state index is -0.0885. The monoisotopic (exact) mass is 341 g/mol. The van der Waals surface area contributed by atoms with Gasteiger partial charge in [0.25, 0.3) is 0 Å². The lowest BCUT2D eigenvalue weighted by Crippen LogP contribution is -2.43. The fourth-order valence-corrected chi connectivity index (χ4v) is 3.67. The summed E-state index contributed by atoms with van der Waals surface area (Å²) in [6.45, 7) is 7.61. The van der Waals surface area contributed by atoms with Crippen molar-refractivity contribution < 1.29 is 9.32 Å². The van der Waals surface area contributed by atoms with Gasteiger partial charge in [0, 0.05) is 13.1 Å². The van der Waals surface area contributed by atoms with E-state index in [2.05, 4.69) is 36.1 Å². The van der Waals surface area contributed by atoms with Gasteiger partial charge in [-0.05, 0) is 31.2 Å². The van der Waals surface area contributed by atoms with Crippen LogP contribution in [0.2, 0.25) is 0 Å². The van der Waals surface area contributed by atoms with E-state index in [1.165, 1.54) is 0 Å². The molecule has 0 radical (unpaired) electrons. The second-order valence-corrected chi connectivity index (χ2v) is 7.08. The highest BCUT2D eigenvalue weighted by molar-refractivity contribution is 5.84. The molecule has 5 nitrogen and oxygen atoms in total. The van der Waals surface area contributed by atoms with E-state index in [-0.39, 0.29) is 17.7 Å². The van der Waals surface area contributed by atoms with Crippen LogP contribution in [0, 0.1) is 12.8 Å². The summed E-state index contributed by atoms with van der Waals surface area (Å²) in [6, 6.07) is 10.2. The standard InChI is InChI=1S/C20H27N3O2/c1-4-14(2)18(16-9-6-5-7-10-16)20(24)23-12-8-11-17(13-23)19-21-15(3)22-25-19/h5-7,9-10,14,17-18H,4,8,11-13H2,1-3H3/t14-,17-,18+/m0/s1. The van der Waals surface area contributed by atoms with Crippen molar-refractivity contribution in [2.45, 2.75) is 51.9 Å². The molecule has 0 bridgehead atoms. The van der Waals surface area contributed by atoms with E-state index in [4.69, 9.17) is 4.52 Å². The molecule has 0 unspecified atom stereocenters. The Morgan fingerprint density at radius 2 is 2.12 bits per heavy atom. The summed E-state index contributed by atoms with van der Waals surface area (Å²) in [5, 5.41) is 3.90. The van der Waals surface area contributed by atoms with E-state index in [0.29, 0.717) is 24.2 Å². The van der Waals surface area contributed by atoms with Crippen molar-refractivity contribution >= 4 is 5.91 Å². The highest BCUT2D eigenvalue weighted by Gasteiger charge is 2.34. The van der Waals surface area contributed by atoms with Gasteiger partial charge < -0.3 is 9.42 Å². The molecule has 3 rings (SSSR count). The van der Waals surface area contributed by atoms with E-state index < -0.39 is 0 Å². The van der Waals surface area contributed by atoms with Crippen molar-refractivity contribution in [3.63, 3.8) is 0 Å². The molecule has 1 aliphatic heterocycles. The second-order valence-electron chi connectivity index (χ2n) is 7.08. The lowest BCUT2D eigenvalue weighted by atomic mass is 9.83. The first-order chi connectivity index (χ1) is 12.1. The van der Waals surface area contributed by atoms with Crippen LogP contribution in [-0.4, -0.2) is 34.0 Å². The van der Waals surface area contributed by atoms with Crippen LogP contribution in [0.3, 0.4) is 0 Å². The van der Waals surface area contributed by atoms with Crippen molar-refractivity contribution in [3.05, 3.63) is 47.6 Å². The molecule has 1 amide bonds. The zero-order chi connectivity index (χ0) is 17.8. The third kappa shape index (κ3) is 3.91. The molecule has 0 aliphatic carbocycles. The number of carbonyl (C=O) groups excluding carboxylic acids is 1. The molecule has 0 saturated carbocycles. The van der Waals surface area contributed by atoms with Crippen LogP contribution in [0.1, 0.15) is 62.2 Å². The van der Waals surface area contributed by atoms with Gasteiger partial charge in [-0.1, -0.05) is 55.8 Å². The van der Waals surface area contributed by atoms with Gasteiger partial charge in [-0.2, -0.15) is 4.98 Å². The molecular formula is C20H27N3O2. The molecule has 3 atom stereocenters. The summed E-state index contributed by atoms with van der Waals surface area (Å²) in [5.74, 6) is 1.90. The topological polar surface area (TPSA) is 59.2 Å².